The van der Waals surface area contributed by atoms with Crippen molar-refractivity contribution in [3.8, 4) is 0 Å². The molecule has 102 valence electrons. The second kappa shape index (κ2) is 6.31. The summed E-state index contributed by atoms with van der Waals surface area (Å²) in [5.41, 5.74) is 0. The van der Waals surface area contributed by atoms with Crippen LogP contribution in [0.2, 0.25) is 0 Å². The zero-order valence-corrected chi connectivity index (χ0v) is 11.2. The van der Waals surface area contributed by atoms with Gasteiger partial charge in [-0.15, -0.1) is 0 Å². The summed E-state index contributed by atoms with van der Waals surface area (Å²) in [5.74, 6) is 0.946. The van der Waals surface area contributed by atoms with E-state index in [-0.39, 0.29) is 6.10 Å². The highest BCUT2D eigenvalue weighted by molar-refractivity contribution is 4.96. The van der Waals surface area contributed by atoms with E-state index in [4.69, 9.17) is 4.74 Å². The Balaban J connectivity index is 1.93. The fraction of sp³-hybridized carbons (Fsp3) is 0.769. The highest BCUT2D eigenvalue weighted by atomic mass is 16.5. The van der Waals surface area contributed by atoms with Crippen LogP contribution < -0.4 is 0 Å². The van der Waals surface area contributed by atoms with Crippen LogP contribution in [0, 0.1) is 0 Å². The number of likely N-dealkylation sites (N-methyl/N-ethyl adjacent to an activating group) is 1. The van der Waals surface area contributed by atoms with Gasteiger partial charge >= 0.3 is 0 Å². The molecule has 1 fully saturated rings. The number of aromatic nitrogens is 2. The first-order chi connectivity index (χ1) is 8.70. The van der Waals surface area contributed by atoms with Crippen LogP contribution in [0.3, 0.4) is 0 Å². The lowest BCUT2D eigenvalue weighted by molar-refractivity contribution is -0.0829. The van der Waals surface area contributed by atoms with E-state index in [0.29, 0.717) is 13.0 Å². The van der Waals surface area contributed by atoms with Crippen molar-refractivity contribution in [2.45, 2.75) is 38.5 Å². The van der Waals surface area contributed by atoms with Gasteiger partial charge in [-0.25, -0.2) is 4.98 Å². The second-order valence-electron chi connectivity index (χ2n) is 4.98. The highest BCUT2D eigenvalue weighted by Crippen LogP contribution is 2.12. The number of aryl methyl sites for hydroxylation is 1. The summed E-state index contributed by atoms with van der Waals surface area (Å²) in [5, 5.41) is 10.3. The van der Waals surface area contributed by atoms with Gasteiger partial charge in [0, 0.05) is 38.4 Å². The van der Waals surface area contributed by atoms with E-state index in [9.17, 15) is 5.11 Å². The third-order valence-corrected chi connectivity index (χ3v) is 3.38. The van der Waals surface area contributed by atoms with Crippen molar-refractivity contribution in [3.05, 3.63) is 18.2 Å². The lowest BCUT2D eigenvalue weighted by Gasteiger charge is -2.32. The SMILES string of the molecule is CCCn1ccnc1CC(O)C1CN(C)CCO1. The van der Waals surface area contributed by atoms with Gasteiger partial charge in [-0.3, -0.25) is 0 Å². The van der Waals surface area contributed by atoms with Crippen LogP contribution >= 0.6 is 0 Å². The third-order valence-electron chi connectivity index (χ3n) is 3.38. The number of hydrogen-bond acceptors (Lipinski definition) is 4. The minimum atomic E-state index is -0.481. The normalized spacial score (nSPS) is 23.2. The Hall–Kier alpha value is -0.910. The first kappa shape index (κ1) is 13.5. The average molecular weight is 253 g/mol. The van der Waals surface area contributed by atoms with Crippen molar-refractivity contribution in [3.63, 3.8) is 0 Å². The molecule has 1 aromatic rings. The van der Waals surface area contributed by atoms with Gasteiger partial charge in [-0.2, -0.15) is 0 Å². The number of morpholine rings is 1. The molecule has 18 heavy (non-hydrogen) atoms. The molecule has 5 heteroatoms. The van der Waals surface area contributed by atoms with E-state index in [1.54, 1.807) is 6.20 Å². The molecule has 2 rings (SSSR count). The Labute approximate surface area is 108 Å². The molecular weight excluding hydrogens is 230 g/mol. The first-order valence-corrected chi connectivity index (χ1v) is 6.69. The fourth-order valence-corrected chi connectivity index (χ4v) is 2.34. The second-order valence-corrected chi connectivity index (χ2v) is 4.98. The zero-order chi connectivity index (χ0) is 13.0. The molecule has 0 saturated carbocycles. The minimum absolute atomic E-state index is 0.101. The maximum absolute atomic E-state index is 10.3. The Bertz CT molecular complexity index is 367. The van der Waals surface area contributed by atoms with Crippen LogP contribution in [0.5, 0.6) is 0 Å². The summed E-state index contributed by atoms with van der Waals surface area (Å²) >= 11 is 0. The van der Waals surface area contributed by atoms with Crippen LogP contribution in [0.1, 0.15) is 19.2 Å². The van der Waals surface area contributed by atoms with Crippen LogP contribution in [0.15, 0.2) is 12.4 Å². The van der Waals surface area contributed by atoms with Crippen LogP contribution in [-0.4, -0.2) is 58.5 Å². The lowest BCUT2D eigenvalue weighted by atomic mass is 10.1. The van der Waals surface area contributed by atoms with Crippen LogP contribution in [0.4, 0.5) is 0 Å². The molecule has 1 aromatic heterocycles. The molecule has 2 unspecified atom stereocenters. The summed E-state index contributed by atoms with van der Waals surface area (Å²) in [7, 11) is 2.06. The fourth-order valence-electron chi connectivity index (χ4n) is 2.34. The molecule has 0 spiro atoms. The number of hydrogen-bond donors (Lipinski definition) is 1. The van der Waals surface area contributed by atoms with Gasteiger partial charge < -0.3 is 19.3 Å². The summed E-state index contributed by atoms with van der Waals surface area (Å²) in [4.78, 5) is 6.51. The Morgan fingerprint density at radius 1 is 1.61 bits per heavy atom. The molecule has 1 saturated heterocycles. The Morgan fingerprint density at radius 3 is 3.17 bits per heavy atom. The van der Waals surface area contributed by atoms with Gasteiger partial charge in [0.15, 0.2) is 0 Å². The number of imidazole rings is 1. The average Bonchev–Trinajstić information content (AvgIpc) is 2.77. The third kappa shape index (κ3) is 3.31. The number of aliphatic hydroxyl groups is 1. The summed E-state index contributed by atoms with van der Waals surface area (Å²) in [6.07, 6.45) is 4.82. The van der Waals surface area contributed by atoms with E-state index < -0.39 is 6.10 Å². The van der Waals surface area contributed by atoms with Crippen molar-refractivity contribution in [2.75, 3.05) is 26.7 Å². The standard InChI is InChI=1S/C13H23N3O2/c1-3-5-16-6-4-14-13(16)9-11(17)12-10-15(2)7-8-18-12/h4,6,11-12,17H,3,5,7-10H2,1-2H3. The van der Waals surface area contributed by atoms with Crippen molar-refractivity contribution in [1.29, 1.82) is 0 Å². The summed E-state index contributed by atoms with van der Waals surface area (Å²) in [6, 6.07) is 0. The predicted molar refractivity (Wildman–Crippen MR) is 69.5 cm³/mol. The zero-order valence-electron chi connectivity index (χ0n) is 11.2. The number of nitrogens with zero attached hydrogens (tertiary/aromatic N) is 3. The van der Waals surface area contributed by atoms with E-state index in [0.717, 1.165) is 31.9 Å². The number of ether oxygens (including phenoxy) is 1. The number of rotatable bonds is 5. The molecule has 0 amide bonds. The molecule has 0 bridgehead atoms. The van der Waals surface area contributed by atoms with Gasteiger partial charge in [0.05, 0.1) is 18.8 Å². The first-order valence-electron chi connectivity index (χ1n) is 6.69. The molecule has 1 N–H and O–H groups in total. The van der Waals surface area contributed by atoms with Gasteiger partial charge in [-0.1, -0.05) is 6.92 Å². The van der Waals surface area contributed by atoms with Gasteiger partial charge in [0.1, 0.15) is 5.82 Å². The molecule has 2 atom stereocenters. The molecule has 1 aliphatic rings. The quantitative estimate of drug-likeness (QED) is 0.831. The highest BCUT2D eigenvalue weighted by Gasteiger charge is 2.26. The molecule has 0 aromatic carbocycles. The van der Waals surface area contributed by atoms with Crippen LogP contribution in [-0.2, 0) is 17.7 Å². The maximum atomic E-state index is 10.3. The lowest BCUT2D eigenvalue weighted by Crippen LogP contribution is -2.46. The molecule has 5 nitrogen and oxygen atoms in total. The smallest absolute Gasteiger partial charge is 0.111 e. The van der Waals surface area contributed by atoms with Crippen molar-refractivity contribution >= 4 is 0 Å². The van der Waals surface area contributed by atoms with E-state index >= 15 is 0 Å². The van der Waals surface area contributed by atoms with Gasteiger partial charge in [0.25, 0.3) is 0 Å². The topological polar surface area (TPSA) is 50.5 Å². The largest absolute Gasteiger partial charge is 0.390 e. The van der Waals surface area contributed by atoms with Gasteiger partial charge in [-0.05, 0) is 13.5 Å². The van der Waals surface area contributed by atoms with E-state index in [1.807, 2.05) is 6.20 Å². The van der Waals surface area contributed by atoms with Crippen molar-refractivity contribution in [2.24, 2.45) is 0 Å². The van der Waals surface area contributed by atoms with Crippen LogP contribution in [0.25, 0.3) is 0 Å². The molecule has 2 heterocycles. The van der Waals surface area contributed by atoms with Crippen molar-refractivity contribution in [1.82, 2.24) is 14.5 Å². The molecule has 1 aliphatic heterocycles. The summed E-state index contributed by atoms with van der Waals surface area (Å²) in [6.45, 7) is 5.51. The Kier molecular flexibility index (Phi) is 4.74. The Morgan fingerprint density at radius 2 is 2.44 bits per heavy atom. The molecule has 0 radical (unpaired) electrons. The predicted octanol–water partition coefficient (Wildman–Crippen LogP) is 0.527. The molecule has 0 aliphatic carbocycles. The summed E-state index contributed by atoms with van der Waals surface area (Å²) < 4.78 is 7.74. The number of aliphatic hydroxyl groups excluding tert-OH is 1. The molecular formula is C13H23N3O2. The monoisotopic (exact) mass is 253 g/mol. The maximum Gasteiger partial charge on any atom is 0.111 e. The van der Waals surface area contributed by atoms with E-state index in [1.165, 1.54) is 0 Å². The van der Waals surface area contributed by atoms with Crippen molar-refractivity contribution < 1.29 is 9.84 Å². The van der Waals surface area contributed by atoms with E-state index in [2.05, 4.69) is 28.4 Å². The van der Waals surface area contributed by atoms with Gasteiger partial charge in [0.2, 0.25) is 0 Å². The minimum Gasteiger partial charge on any atom is -0.390 e.